The highest BCUT2D eigenvalue weighted by Crippen LogP contribution is 2.27. The van der Waals surface area contributed by atoms with E-state index in [-0.39, 0.29) is 10.9 Å². The molecule has 1 aromatic carbocycles. The Morgan fingerprint density at radius 3 is 2.67 bits per heavy atom. The SMILES string of the molecule is Nc1ccc(S(=O)(=O)NC2CCCCC2)c2ncccc12. The van der Waals surface area contributed by atoms with Crippen molar-refractivity contribution in [2.45, 2.75) is 43.0 Å². The van der Waals surface area contributed by atoms with Crippen molar-refractivity contribution in [3.05, 3.63) is 30.5 Å². The van der Waals surface area contributed by atoms with Gasteiger partial charge in [-0.1, -0.05) is 19.3 Å². The predicted molar refractivity (Wildman–Crippen MR) is 83.3 cm³/mol. The number of pyridine rings is 1. The van der Waals surface area contributed by atoms with Crippen LogP contribution in [0, 0.1) is 0 Å². The number of hydrogen-bond donors (Lipinski definition) is 2. The second-order valence-corrected chi connectivity index (χ2v) is 7.19. The summed E-state index contributed by atoms with van der Waals surface area (Å²) in [6, 6.07) is 6.73. The van der Waals surface area contributed by atoms with Crippen LogP contribution in [0.15, 0.2) is 35.4 Å². The molecule has 3 rings (SSSR count). The first-order valence-corrected chi connectivity index (χ1v) is 8.72. The van der Waals surface area contributed by atoms with Gasteiger partial charge in [0, 0.05) is 23.3 Å². The Morgan fingerprint density at radius 2 is 1.90 bits per heavy atom. The minimum Gasteiger partial charge on any atom is -0.398 e. The highest BCUT2D eigenvalue weighted by Gasteiger charge is 2.24. The highest BCUT2D eigenvalue weighted by atomic mass is 32.2. The molecule has 0 atom stereocenters. The van der Waals surface area contributed by atoms with Crippen molar-refractivity contribution >= 4 is 26.6 Å². The number of benzene rings is 1. The van der Waals surface area contributed by atoms with Gasteiger partial charge in [-0.25, -0.2) is 13.1 Å². The van der Waals surface area contributed by atoms with E-state index in [4.69, 9.17) is 5.73 Å². The number of anilines is 1. The van der Waals surface area contributed by atoms with Crippen molar-refractivity contribution in [3.8, 4) is 0 Å². The van der Waals surface area contributed by atoms with E-state index in [1.165, 1.54) is 12.5 Å². The van der Waals surface area contributed by atoms with Gasteiger partial charge in [0.1, 0.15) is 4.90 Å². The van der Waals surface area contributed by atoms with Crippen molar-refractivity contribution < 1.29 is 8.42 Å². The summed E-state index contributed by atoms with van der Waals surface area (Å²) in [5.74, 6) is 0. The van der Waals surface area contributed by atoms with E-state index >= 15 is 0 Å². The van der Waals surface area contributed by atoms with E-state index in [0.717, 1.165) is 25.7 Å². The Balaban J connectivity index is 2.00. The molecule has 1 saturated carbocycles. The molecule has 1 aromatic heterocycles. The van der Waals surface area contributed by atoms with Crippen LogP contribution in [-0.2, 0) is 10.0 Å². The molecule has 0 bridgehead atoms. The van der Waals surface area contributed by atoms with E-state index in [9.17, 15) is 8.42 Å². The lowest BCUT2D eigenvalue weighted by Gasteiger charge is -2.22. The third-order valence-corrected chi connectivity index (χ3v) is 5.53. The molecule has 112 valence electrons. The van der Waals surface area contributed by atoms with Gasteiger partial charge in [-0.15, -0.1) is 0 Å². The van der Waals surface area contributed by atoms with Crippen molar-refractivity contribution in [2.75, 3.05) is 5.73 Å². The normalized spacial score (nSPS) is 17.1. The monoisotopic (exact) mass is 305 g/mol. The number of nitrogens with zero attached hydrogens (tertiary/aromatic N) is 1. The number of nitrogens with one attached hydrogen (secondary N) is 1. The summed E-state index contributed by atoms with van der Waals surface area (Å²) in [5.41, 5.74) is 6.87. The average Bonchev–Trinajstić information content (AvgIpc) is 2.48. The molecule has 21 heavy (non-hydrogen) atoms. The summed E-state index contributed by atoms with van der Waals surface area (Å²) in [6.45, 7) is 0. The van der Waals surface area contributed by atoms with Crippen LogP contribution in [0.4, 0.5) is 5.69 Å². The van der Waals surface area contributed by atoms with Crippen LogP contribution in [0.25, 0.3) is 10.9 Å². The topological polar surface area (TPSA) is 85.1 Å². The lowest BCUT2D eigenvalue weighted by molar-refractivity contribution is 0.412. The number of sulfonamides is 1. The minimum absolute atomic E-state index is 0.0278. The van der Waals surface area contributed by atoms with Crippen LogP contribution in [0.5, 0.6) is 0 Å². The second-order valence-electron chi connectivity index (χ2n) is 5.51. The Hall–Kier alpha value is -1.66. The largest absolute Gasteiger partial charge is 0.398 e. The molecule has 1 aliphatic rings. The van der Waals surface area contributed by atoms with E-state index in [0.29, 0.717) is 16.6 Å². The van der Waals surface area contributed by atoms with E-state index < -0.39 is 10.0 Å². The van der Waals surface area contributed by atoms with Crippen LogP contribution in [0.1, 0.15) is 32.1 Å². The highest BCUT2D eigenvalue weighted by molar-refractivity contribution is 7.89. The second kappa shape index (κ2) is 5.61. The average molecular weight is 305 g/mol. The third-order valence-electron chi connectivity index (χ3n) is 3.98. The van der Waals surface area contributed by atoms with Crippen LogP contribution in [-0.4, -0.2) is 19.4 Å². The van der Waals surface area contributed by atoms with Crippen molar-refractivity contribution in [1.82, 2.24) is 9.71 Å². The van der Waals surface area contributed by atoms with E-state index in [1.807, 2.05) is 0 Å². The number of nitrogens with two attached hydrogens (primary N) is 1. The molecule has 1 fully saturated rings. The maximum atomic E-state index is 12.6. The Kier molecular flexibility index (Phi) is 3.82. The van der Waals surface area contributed by atoms with Crippen molar-refractivity contribution in [2.24, 2.45) is 0 Å². The fourth-order valence-corrected chi connectivity index (χ4v) is 4.35. The maximum absolute atomic E-state index is 12.6. The van der Waals surface area contributed by atoms with E-state index in [1.54, 1.807) is 24.4 Å². The minimum atomic E-state index is -3.57. The molecule has 3 N–H and O–H groups in total. The fourth-order valence-electron chi connectivity index (χ4n) is 2.89. The van der Waals surface area contributed by atoms with Gasteiger partial charge in [0.05, 0.1) is 5.52 Å². The molecule has 0 amide bonds. The Bertz CT molecular complexity index is 753. The summed E-state index contributed by atoms with van der Waals surface area (Å²) in [4.78, 5) is 4.41. The lowest BCUT2D eigenvalue weighted by atomic mass is 9.96. The van der Waals surface area contributed by atoms with Gasteiger partial charge in [0.25, 0.3) is 0 Å². The van der Waals surface area contributed by atoms with Gasteiger partial charge >= 0.3 is 0 Å². The summed E-state index contributed by atoms with van der Waals surface area (Å²) in [7, 11) is -3.57. The summed E-state index contributed by atoms with van der Waals surface area (Å²) in [5, 5.41) is 0.670. The number of fused-ring (bicyclic) bond motifs is 1. The van der Waals surface area contributed by atoms with Gasteiger partial charge in [-0.05, 0) is 37.1 Å². The zero-order valence-corrected chi connectivity index (χ0v) is 12.6. The Morgan fingerprint density at radius 1 is 1.14 bits per heavy atom. The Labute approximate surface area is 124 Å². The quantitative estimate of drug-likeness (QED) is 0.853. The molecule has 0 radical (unpaired) electrons. The van der Waals surface area contributed by atoms with Gasteiger partial charge in [0.2, 0.25) is 10.0 Å². The summed E-state index contributed by atoms with van der Waals surface area (Å²) in [6.07, 6.45) is 6.73. The standard InChI is InChI=1S/C15H19N3O2S/c16-13-8-9-14(15-12(13)7-4-10-17-15)21(19,20)18-11-5-2-1-3-6-11/h4,7-11,18H,1-3,5-6,16H2. The van der Waals surface area contributed by atoms with Crippen LogP contribution >= 0.6 is 0 Å². The molecule has 0 saturated heterocycles. The molecular weight excluding hydrogens is 286 g/mol. The maximum Gasteiger partial charge on any atom is 0.242 e. The molecule has 5 nitrogen and oxygen atoms in total. The number of hydrogen-bond acceptors (Lipinski definition) is 4. The zero-order chi connectivity index (χ0) is 14.9. The fraction of sp³-hybridized carbons (Fsp3) is 0.400. The van der Waals surface area contributed by atoms with Gasteiger partial charge in [0.15, 0.2) is 0 Å². The number of aromatic nitrogens is 1. The number of rotatable bonds is 3. The molecule has 6 heteroatoms. The molecule has 2 aromatic rings. The molecule has 0 unspecified atom stereocenters. The first-order valence-electron chi connectivity index (χ1n) is 7.23. The zero-order valence-electron chi connectivity index (χ0n) is 11.7. The summed E-state index contributed by atoms with van der Waals surface area (Å²) >= 11 is 0. The first kappa shape index (κ1) is 14.3. The third kappa shape index (κ3) is 2.87. The molecule has 0 spiro atoms. The van der Waals surface area contributed by atoms with Crippen molar-refractivity contribution in [3.63, 3.8) is 0 Å². The first-order chi connectivity index (χ1) is 10.1. The molecule has 1 heterocycles. The predicted octanol–water partition coefficient (Wildman–Crippen LogP) is 2.43. The summed E-state index contributed by atoms with van der Waals surface area (Å²) < 4.78 is 28.1. The van der Waals surface area contributed by atoms with Gasteiger partial charge < -0.3 is 5.73 Å². The van der Waals surface area contributed by atoms with Crippen LogP contribution in [0.3, 0.4) is 0 Å². The molecular formula is C15H19N3O2S. The molecule has 0 aliphatic heterocycles. The van der Waals surface area contributed by atoms with Gasteiger partial charge in [-0.2, -0.15) is 0 Å². The van der Waals surface area contributed by atoms with Crippen LogP contribution < -0.4 is 10.5 Å². The smallest absolute Gasteiger partial charge is 0.242 e. The molecule has 1 aliphatic carbocycles. The van der Waals surface area contributed by atoms with Gasteiger partial charge in [-0.3, -0.25) is 4.98 Å². The number of nitrogen functional groups attached to an aromatic ring is 1. The van der Waals surface area contributed by atoms with Crippen molar-refractivity contribution in [1.29, 1.82) is 0 Å². The lowest BCUT2D eigenvalue weighted by Crippen LogP contribution is -2.36. The van der Waals surface area contributed by atoms with E-state index in [2.05, 4.69) is 9.71 Å². The van der Waals surface area contributed by atoms with Crippen LogP contribution in [0.2, 0.25) is 0 Å².